The van der Waals surface area contributed by atoms with Crippen LogP contribution in [0.3, 0.4) is 0 Å². The number of para-hydroxylation sites is 2. The third-order valence-corrected chi connectivity index (χ3v) is 4.06. The van der Waals surface area contributed by atoms with Crippen molar-refractivity contribution in [1.82, 2.24) is 14.7 Å². The lowest BCUT2D eigenvalue weighted by Gasteiger charge is -2.11. The molecule has 6 nitrogen and oxygen atoms in total. The third-order valence-electron chi connectivity index (χ3n) is 4.06. The molecule has 0 radical (unpaired) electrons. The van der Waals surface area contributed by atoms with Crippen molar-refractivity contribution in [2.24, 2.45) is 0 Å². The Morgan fingerprint density at radius 3 is 2.68 bits per heavy atom. The van der Waals surface area contributed by atoms with Crippen LogP contribution in [0.5, 0.6) is 0 Å². The highest BCUT2D eigenvalue weighted by atomic mass is 19.3. The van der Waals surface area contributed by atoms with Crippen LogP contribution in [0.25, 0.3) is 11.0 Å². The van der Waals surface area contributed by atoms with Gasteiger partial charge in [0.2, 0.25) is 0 Å². The predicted molar refractivity (Wildman–Crippen MR) is 84.0 cm³/mol. The SMILES string of the molecule is Cc1noc(C)c1CC(=O)[C@@H](C#N)c1nc2ccccc2n1C(F)F. The Balaban J connectivity index is 2.04. The number of aryl methyl sites for hydroxylation is 2. The van der Waals surface area contributed by atoms with E-state index in [1.54, 1.807) is 32.0 Å². The molecule has 0 spiro atoms. The van der Waals surface area contributed by atoms with Gasteiger partial charge in [-0.2, -0.15) is 14.0 Å². The zero-order valence-corrected chi connectivity index (χ0v) is 13.5. The Morgan fingerprint density at radius 2 is 2.08 bits per heavy atom. The van der Waals surface area contributed by atoms with Gasteiger partial charge in [-0.1, -0.05) is 17.3 Å². The summed E-state index contributed by atoms with van der Waals surface area (Å²) >= 11 is 0. The molecule has 25 heavy (non-hydrogen) atoms. The summed E-state index contributed by atoms with van der Waals surface area (Å²) in [5.41, 5.74) is 1.58. The molecule has 128 valence electrons. The summed E-state index contributed by atoms with van der Waals surface area (Å²) in [6.07, 6.45) is -0.133. The number of alkyl halides is 2. The minimum Gasteiger partial charge on any atom is -0.361 e. The molecule has 2 aromatic heterocycles. The van der Waals surface area contributed by atoms with Crippen LogP contribution in [0.1, 0.15) is 35.3 Å². The van der Waals surface area contributed by atoms with Crippen molar-refractivity contribution in [2.75, 3.05) is 0 Å². The second-order valence-corrected chi connectivity index (χ2v) is 5.61. The highest BCUT2D eigenvalue weighted by molar-refractivity contribution is 5.90. The maximum absolute atomic E-state index is 13.5. The quantitative estimate of drug-likeness (QED) is 0.708. The first-order chi connectivity index (χ1) is 11.9. The number of carbonyl (C=O) groups excluding carboxylic acids is 1. The average Bonchev–Trinajstić information content (AvgIpc) is 3.10. The molecule has 0 aliphatic rings. The van der Waals surface area contributed by atoms with Crippen LogP contribution in [0.15, 0.2) is 28.8 Å². The van der Waals surface area contributed by atoms with Gasteiger partial charge in [0, 0.05) is 12.0 Å². The van der Waals surface area contributed by atoms with E-state index in [0.29, 0.717) is 27.1 Å². The Hall–Kier alpha value is -3.08. The molecule has 2 heterocycles. The zero-order chi connectivity index (χ0) is 18.1. The highest BCUT2D eigenvalue weighted by Gasteiger charge is 2.30. The molecule has 0 bridgehead atoms. The number of hydrogen-bond acceptors (Lipinski definition) is 5. The fraction of sp³-hybridized carbons (Fsp3) is 0.294. The van der Waals surface area contributed by atoms with E-state index in [2.05, 4.69) is 10.1 Å². The van der Waals surface area contributed by atoms with E-state index >= 15 is 0 Å². The van der Waals surface area contributed by atoms with Crippen LogP contribution in [0, 0.1) is 25.2 Å². The van der Waals surface area contributed by atoms with Crippen LogP contribution in [0.2, 0.25) is 0 Å². The number of Topliss-reactive ketones (excluding diaryl/α,β-unsaturated/α-hetero) is 1. The van der Waals surface area contributed by atoms with E-state index in [1.807, 2.05) is 6.07 Å². The number of fused-ring (bicyclic) bond motifs is 1. The summed E-state index contributed by atoms with van der Waals surface area (Å²) in [5.74, 6) is -1.73. The Bertz CT molecular complexity index is 965. The molecule has 0 aliphatic carbocycles. The van der Waals surface area contributed by atoms with Gasteiger partial charge in [0.1, 0.15) is 11.6 Å². The molecule has 1 aromatic carbocycles. The van der Waals surface area contributed by atoms with Gasteiger partial charge in [-0.25, -0.2) is 4.98 Å². The number of benzene rings is 1. The number of hydrogen-bond donors (Lipinski definition) is 0. The number of halogens is 2. The number of ketones is 1. The van der Waals surface area contributed by atoms with Crippen LogP contribution >= 0.6 is 0 Å². The molecule has 8 heteroatoms. The number of nitriles is 1. The van der Waals surface area contributed by atoms with Crippen LogP contribution in [0.4, 0.5) is 8.78 Å². The van der Waals surface area contributed by atoms with Crippen molar-refractivity contribution >= 4 is 16.8 Å². The molecule has 0 N–H and O–H groups in total. The van der Waals surface area contributed by atoms with Crippen LogP contribution < -0.4 is 0 Å². The number of rotatable bonds is 5. The van der Waals surface area contributed by atoms with Crippen molar-refractivity contribution in [3.8, 4) is 6.07 Å². The van der Waals surface area contributed by atoms with E-state index in [0.717, 1.165) is 0 Å². The minimum absolute atomic E-state index is 0.133. The van der Waals surface area contributed by atoms with Crippen molar-refractivity contribution in [2.45, 2.75) is 32.7 Å². The first-order valence-corrected chi connectivity index (χ1v) is 7.53. The largest absolute Gasteiger partial charge is 0.361 e. The summed E-state index contributed by atoms with van der Waals surface area (Å²) in [6.45, 7) is 0.415. The molecule has 3 rings (SSSR count). The lowest BCUT2D eigenvalue weighted by atomic mass is 9.97. The maximum Gasteiger partial charge on any atom is 0.320 e. The molecule has 0 saturated heterocycles. The Morgan fingerprint density at radius 1 is 1.36 bits per heavy atom. The fourth-order valence-electron chi connectivity index (χ4n) is 2.78. The molecule has 0 unspecified atom stereocenters. The second-order valence-electron chi connectivity index (χ2n) is 5.61. The first-order valence-electron chi connectivity index (χ1n) is 7.53. The highest BCUT2D eigenvalue weighted by Crippen LogP contribution is 2.29. The Labute approximate surface area is 141 Å². The molecule has 0 saturated carbocycles. The first kappa shape index (κ1) is 16.8. The fourth-order valence-corrected chi connectivity index (χ4v) is 2.78. The van der Waals surface area contributed by atoms with E-state index in [-0.39, 0.29) is 17.8 Å². The summed E-state index contributed by atoms with van der Waals surface area (Å²) < 4.78 is 32.7. The second kappa shape index (κ2) is 6.43. The van der Waals surface area contributed by atoms with Gasteiger partial charge in [0.05, 0.1) is 22.8 Å². The maximum atomic E-state index is 13.5. The summed E-state index contributed by atoms with van der Waals surface area (Å²) in [7, 11) is 0. The molecular weight excluding hydrogens is 330 g/mol. The van der Waals surface area contributed by atoms with E-state index < -0.39 is 18.3 Å². The molecule has 0 aliphatic heterocycles. The van der Waals surface area contributed by atoms with Crippen LogP contribution in [-0.2, 0) is 11.2 Å². The van der Waals surface area contributed by atoms with E-state index in [4.69, 9.17) is 4.52 Å². The molecule has 0 amide bonds. The van der Waals surface area contributed by atoms with E-state index in [1.165, 1.54) is 6.07 Å². The van der Waals surface area contributed by atoms with Gasteiger partial charge in [-0.15, -0.1) is 0 Å². The van der Waals surface area contributed by atoms with Gasteiger partial charge in [0.15, 0.2) is 11.7 Å². The monoisotopic (exact) mass is 344 g/mol. The van der Waals surface area contributed by atoms with Crippen molar-refractivity contribution in [3.05, 3.63) is 47.1 Å². The van der Waals surface area contributed by atoms with Crippen molar-refractivity contribution < 1.29 is 18.1 Å². The van der Waals surface area contributed by atoms with E-state index in [9.17, 15) is 18.8 Å². The number of aromatic nitrogens is 3. The van der Waals surface area contributed by atoms with Gasteiger partial charge in [-0.05, 0) is 26.0 Å². The Kier molecular flexibility index (Phi) is 4.31. The molecule has 3 aromatic rings. The smallest absolute Gasteiger partial charge is 0.320 e. The molecule has 0 fully saturated rings. The van der Waals surface area contributed by atoms with Gasteiger partial charge in [-0.3, -0.25) is 9.36 Å². The topological polar surface area (TPSA) is 84.7 Å². The summed E-state index contributed by atoms with van der Waals surface area (Å²) in [5, 5.41) is 13.2. The predicted octanol–water partition coefficient (Wildman–Crippen LogP) is 3.46. The lowest BCUT2D eigenvalue weighted by molar-refractivity contribution is -0.119. The van der Waals surface area contributed by atoms with Gasteiger partial charge < -0.3 is 4.52 Å². The third kappa shape index (κ3) is 2.89. The minimum atomic E-state index is -2.91. The summed E-state index contributed by atoms with van der Waals surface area (Å²) in [4.78, 5) is 16.7. The number of nitrogens with zero attached hydrogens (tertiary/aromatic N) is 4. The average molecular weight is 344 g/mol. The van der Waals surface area contributed by atoms with Crippen molar-refractivity contribution in [1.29, 1.82) is 5.26 Å². The number of carbonyl (C=O) groups is 1. The molecular formula is C17H14F2N4O2. The molecule has 1 atom stereocenters. The van der Waals surface area contributed by atoms with Crippen LogP contribution in [-0.4, -0.2) is 20.5 Å². The van der Waals surface area contributed by atoms with Gasteiger partial charge in [0.25, 0.3) is 0 Å². The number of imidazole rings is 1. The lowest BCUT2D eigenvalue weighted by Crippen LogP contribution is -2.19. The zero-order valence-electron chi connectivity index (χ0n) is 13.5. The standard InChI is InChI=1S/C17H14F2N4O2/c1-9-11(10(2)25-22-9)7-15(24)12(8-20)16-21-13-5-3-4-6-14(13)23(16)17(18)19/h3-6,12,17H,7H2,1-2H3/t12-/m1/s1. The van der Waals surface area contributed by atoms with Crippen molar-refractivity contribution in [3.63, 3.8) is 0 Å². The van der Waals surface area contributed by atoms with Gasteiger partial charge >= 0.3 is 6.55 Å². The summed E-state index contributed by atoms with van der Waals surface area (Å²) in [6, 6.07) is 8.10. The normalized spacial score (nSPS) is 12.5.